The minimum atomic E-state index is 1.37. The first kappa shape index (κ1) is 54.0. The Bertz CT molecular complexity index is 571. The van der Waals surface area contributed by atoms with Crippen LogP contribution >= 0.6 is 0 Å². The van der Waals surface area contributed by atoms with Crippen LogP contribution in [0.2, 0.25) is 0 Å². The van der Waals surface area contributed by atoms with E-state index in [0.29, 0.717) is 0 Å². The Labute approximate surface area is 346 Å². The third kappa shape index (κ3) is 48.1. The lowest BCUT2D eigenvalue weighted by atomic mass is 9.89. The lowest BCUT2D eigenvalue weighted by Gasteiger charge is -2.16. The van der Waals surface area contributed by atoms with E-state index in [2.05, 4.69) is 20.8 Å². The Hall–Kier alpha value is 0. The maximum absolute atomic E-state index is 2.32. The summed E-state index contributed by atoms with van der Waals surface area (Å²) in [5.41, 5.74) is 0. The molecule has 0 aliphatic heterocycles. The quantitative estimate of drug-likeness (QED) is 0.0542. The molecule has 54 heavy (non-hydrogen) atoms. The zero-order valence-electron chi connectivity index (χ0n) is 38.9. The minimum Gasteiger partial charge on any atom is -0.0654 e. The van der Waals surface area contributed by atoms with Gasteiger partial charge >= 0.3 is 0 Å². The monoisotopic (exact) mass is 758 g/mol. The van der Waals surface area contributed by atoms with Crippen LogP contribution in [0.25, 0.3) is 0 Å². The second kappa shape index (κ2) is 51.0. The van der Waals surface area contributed by atoms with Crippen molar-refractivity contribution in [1.82, 2.24) is 0 Å². The highest BCUT2D eigenvalue weighted by Crippen LogP contribution is 2.27. The van der Waals surface area contributed by atoms with Crippen LogP contribution < -0.4 is 0 Å². The molecule has 1 radical (unpaired) electrons. The van der Waals surface area contributed by atoms with Crippen LogP contribution in [0.15, 0.2) is 0 Å². The highest BCUT2D eigenvalue weighted by molar-refractivity contribution is 4.89. The number of hydrogen-bond donors (Lipinski definition) is 0. The first-order valence-corrected chi connectivity index (χ1v) is 26.7. The van der Waals surface area contributed by atoms with Crippen LogP contribution in [0.4, 0.5) is 0 Å². The van der Waals surface area contributed by atoms with Crippen LogP contribution in [0.5, 0.6) is 0 Å². The summed E-state index contributed by atoms with van der Waals surface area (Å²) in [4.78, 5) is 0. The topological polar surface area (TPSA) is 0 Å². The lowest BCUT2D eigenvalue weighted by Crippen LogP contribution is -1.99. The number of hydrogen-bond acceptors (Lipinski definition) is 0. The van der Waals surface area contributed by atoms with E-state index in [1.54, 1.807) is 0 Å². The zero-order chi connectivity index (χ0) is 38.9. The number of rotatable bonds is 50. The van der Waals surface area contributed by atoms with E-state index in [1.807, 2.05) is 5.92 Å². The molecule has 0 aromatic heterocycles. The van der Waals surface area contributed by atoms with Crippen molar-refractivity contribution in [3.8, 4) is 0 Å². The molecule has 0 aromatic rings. The molecule has 0 bridgehead atoms. The molecule has 0 heterocycles. The van der Waals surface area contributed by atoms with Crippen molar-refractivity contribution in [2.24, 2.45) is 0 Å². The van der Waals surface area contributed by atoms with Gasteiger partial charge in [0.15, 0.2) is 0 Å². The van der Waals surface area contributed by atoms with Gasteiger partial charge in [-0.3, -0.25) is 0 Å². The first-order valence-electron chi connectivity index (χ1n) is 26.7. The Morgan fingerprint density at radius 2 is 0.259 bits per heavy atom. The molecule has 0 saturated heterocycles. The van der Waals surface area contributed by atoms with Gasteiger partial charge in [-0.05, 0) is 25.2 Å². The second-order valence-electron chi connectivity index (χ2n) is 18.6. The van der Waals surface area contributed by atoms with Gasteiger partial charge in [-0.25, -0.2) is 0 Å². The zero-order valence-corrected chi connectivity index (χ0v) is 38.9. The summed E-state index contributed by atoms with van der Waals surface area (Å²) in [7, 11) is 0. The lowest BCUT2D eigenvalue weighted by molar-refractivity contribution is 0.498. The van der Waals surface area contributed by atoms with E-state index in [1.165, 1.54) is 321 Å². The summed E-state index contributed by atoms with van der Waals surface area (Å²) in [5.74, 6) is 1.96. The van der Waals surface area contributed by atoms with Crippen LogP contribution in [0, 0.1) is 5.92 Å². The van der Waals surface area contributed by atoms with Crippen LogP contribution in [0.1, 0.15) is 342 Å². The number of unbranched alkanes of at least 4 members (excludes halogenated alkanes) is 44. The summed E-state index contributed by atoms with van der Waals surface area (Å²) >= 11 is 0. The van der Waals surface area contributed by atoms with Gasteiger partial charge in [0.05, 0.1) is 0 Å². The smallest absolute Gasteiger partial charge is 0.0241 e. The maximum atomic E-state index is 2.32. The van der Waals surface area contributed by atoms with Gasteiger partial charge in [-0.15, -0.1) is 0 Å². The van der Waals surface area contributed by atoms with Crippen molar-refractivity contribution in [3.05, 3.63) is 5.92 Å². The molecule has 0 atom stereocenters. The fourth-order valence-corrected chi connectivity index (χ4v) is 8.97. The highest BCUT2D eigenvalue weighted by Gasteiger charge is 2.09. The van der Waals surface area contributed by atoms with Crippen LogP contribution in [-0.2, 0) is 0 Å². The van der Waals surface area contributed by atoms with E-state index < -0.39 is 0 Å². The predicted octanol–water partition coefficient (Wildman–Crippen LogP) is 21.1. The van der Waals surface area contributed by atoms with Crippen molar-refractivity contribution in [3.63, 3.8) is 0 Å². The van der Waals surface area contributed by atoms with Crippen LogP contribution in [0.3, 0.4) is 0 Å². The van der Waals surface area contributed by atoms with E-state index in [0.717, 1.165) is 0 Å². The van der Waals surface area contributed by atoms with Gasteiger partial charge < -0.3 is 0 Å². The molecule has 0 aliphatic rings. The van der Waals surface area contributed by atoms with Crippen molar-refractivity contribution < 1.29 is 0 Å². The van der Waals surface area contributed by atoms with Gasteiger partial charge in [0, 0.05) is 0 Å². The predicted molar refractivity (Wildman–Crippen MR) is 251 cm³/mol. The molecular formula is C54H109. The average Bonchev–Trinajstić information content (AvgIpc) is 3.18. The molecule has 0 unspecified atom stereocenters. The van der Waals surface area contributed by atoms with Crippen molar-refractivity contribution in [2.45, 2.75) is 342 Å². The Morgan fingerprint density at radius 1 is 0.148 bits per heavy atom. The van der Waals surface area contributed by atoms with Gasteiger partial charge in [0.2, 0.25) is 0 Å². The molecule has 0 nitrogen and oxygen atoms in total. The standard InChI is InChI=1S/C54H109/c1-4-7-10-13-16-19-22-25-28-31-34-37-40-43-46-49-52-54(51-48-45-42-39-36-33-30-27-24-21-18-15-12-9-6-3)53-50-47-44-41-38-35-32-29-26-23-20-17-14-11-8-5-2/h4-53H2,1-3H3. The van der Waals surface area contributed by atoms with Crippen LogP contribution in [-0.4, -0.2) is 0 Å². The molecule has 0 spiro atoms. The molecule has 0 aromatic carbocycles. The molecular weight excluding hydrogens is 649 g/mol. The van der Waals surface area contributed by atoms with Crippen molar-refractivity contribution in [1.29, 1.82) is 0 Å². The van der Waals surface area contributed by atoms with Gasteiger partial charge in [-0.1, -0.05) is 323 Å². The first-order chi connectivity index (χ1) is 26.8. The van der Waals surface area contributed by atoms with Gasteiger partial charge in [0.1, 0.15) is 0 Å². The highest BCUT2D eigenvalue weighted by atomic mass is 14.2. The molecule has 0 saturated carbocycles. The molecule has 0 aliphatic carbocycles. The van der Waals surface area contributed by atoms with E-state index in [4.69, 9.17) is 0 Å². The molecule has 0 fully saturated rings. The molecule has 325 valence electrons. The Kier molecular flexibility index (Phi) is 51.0. The van der Waals surface area contributed by atoms with Gasteiger partial charge in [0.25, 0.3) is 0 Å². The summed E-state index contributed by atoms with van der Waals surface area (Å²) in [6.45, 7) is 6.96. The Morgan fingerprint density at radius 3 is 0.389 bits per heavy atom. The molecule has 0 heteroatoms. The largest absolute Gasteiger partial charge is 0.0654 e. The summed E-state index contributed by atoms with van der Waals surface area (Å²) in [6, 6.07) is 0. The summed E-state index contributed by atoms with van der Waals surface area (Å²) in [6.07, 6.45) is 73.7. The fourth-order valence-electron chi connectivity index (χ4n) is 8.97. The summed E-state index contributed by atoms with van der Waals surface area (Å²) in [5, 5.41) is 0. The Balaban J connectivity index is 3.94. The molecule has 0 rings (SSSR count). The average molecular weight is 758 g/mol. The second-order valence-corrected chi connectivity index (χ2v) is 18.6. The summed E-state index contributed by atoms with van der Waals surface area (Å²) < 4.78 is 0. The SMILES string of the molecule is CCCCCCCCCCCCCCCCCC[C](CCCCCCCCCCCCCCCCC)CCCCCCCCCCCCCCCCCC. The third-order valence-corrected chi connectivity index (χ3v) is 12.9. The fraction of sp³-hybridized carbons (Fsp3) is 0.981. The maximum Gasteiger partial charge on any atom is -0.0241 e. The van der Waals surface area contributed by atoms with E-state index >= 15 is 0 Å². The molecule has 0 N–H and O–H groups in total. The van der Waals surface area contributed by atoms with E-state index in [-0.39, 0.29) is 0 Å². The molecule has 0 amide bonds. The van der Waals surface area contributed by atoms with Crippen molar-refractivity contribution in [2.75, 3.05) is 0 Å². The minimum absolute atomic E-state index is 1.37. The third-order valence-electron chi connectivity index (χ3n) is 12.9. The normalized spacial score (nSPS) is 11.8. The van der Waals surface area contributed by atoms with Crippen molar-refractivity contribution >= 4 is 0 Å². The van der Waals surface area contributed by atoms with E-state index in [9.17, 15) is 0 Å². The van der Waals surface area contributed by atoms with Gasteiger partial charge in [-0.2, -0.15) is 0 Å².